The number of rotatable bonds is 26. The van der Waals surface area contributed by atoms with Gasteiger partial charge in [-0.25, -0.2) is 0 Å². The molecule has 0 aromatic heterocycles. The first-order valence-corrected chi connectivity index (χ1v) is 43.0. The Hall–Kier alpha value is -14.7. The van der Waals surface area contributed by atoms with Crippen LogP contribution in [0.3, 0.4) is 0 Å². The molecule has 0 unspecified atom stereocenters. The molecule has 0 bridgehead atoms. The zero-order valence-corrected chi connectivity index (χ0v) is 73.3. The molecule has 16 aromatic carbocycles. The van der Waals surface area contributed by atoms with Gasteiger partial charge in [0.05, 0.1) is 13.2 Å². The summed E-state index contributed by atoms with van der Waals surface area (Å²) < 4.78 is 11.2. The molecule has 0 atom stereocenters. The number of hydrogen-bond acceptors (Lipinski definition) is 6. The summed E-state index contributed by atoms with van der Waals surface area (Å²) in [4.78, 5) is 9.43. The second-order valence-corrected chi connectivity index (χ2v) is 32.2. The highest BCUT2D eigenvalue weighted by Crippen LogP contribution is 2.44. The van der Waals surface area contributed by atoms with E-state index >= 15 is 0 Å². The molecule has 6 heteroatoms. The van der Waals surface area contributed by atoms with Crippen molar-refractivity contribution < 1.29 is 9.47 Å². The van der Waals surface area contributed by atoms with Gasteiger partial charge in [0, 0.05) is 68.2 Å². The number of nitrogens with zero attached hydrogens (tertiary/aromatic N) is 4. The quantitative estimate of drug-likeness (QED) is 0.0502. The lowest BCUT2D eigenvalue weighted by molar-refractivity contribution is 0.340. The largest absolute Gasteiger partial charge is 0.494 e. The summed E-state index contributed by atoms with van der Waals surface area (Å²) >= 11 is 0. The number of benzene rings is 16. The van der Waals surface area contributed by atoms with E-state index in [4.69, 9.17) is 9.47 Å². The van der Waals surface area contributed by atoms with E-state index in [0.717, 1.165) is 102 Å². The van der Waals surface area contributed by atoms with Gasteiger partial charge in [0.15, 0.2) is 0 Å². The Labute approximate surface area is 735 Å². The zero-order valence-electron chi connectivity index (χ0n) is 73.3. The Morgan fingerprint density at radius 2 is 0.395 bits per heavy atom. The number of aryl methyl sites for hydroxylation is 10. The second-order valence-electron chi connectivity index (χ2n) is 32.2. The van der Waals surface area contributed by atoms with E-state index < -0.39 is 0 Å². The molecule has 16 aromatic rings. The van der Waals surface area contributed by atoms with Crippen LogP contribution in [0.4, 0.5) is 68.2 Å². The molecule has 0 N–H and O–H groups in total. The fourth-order valence-electron chi connectivity index (χ4n) is 16.0. The third-order valence-corrected chi connectivity index (χ3v) is 22.7. The third-order valence-electron chi connectivity index (χ3n) is 22.7. The van der Waals surface area contributed by atoms with Crippen LogP contribution in [0.5, 0.6) is 11.5 Å². The van der Waals surface area contributed by atoms with E-state index in [2.05, 4.69) is 477 Å². The lowest BCUT2D eigenvalue weighted by atomic mass is 10.0. The average Bonchev–Trinajstić information content (AvgIpc) is 0.796. The minimum Gasteiger partial charge on any atom is -0.494 e. The van der Waals surface area contributed by atoms with Crippen LogP contribution in [0.2, 0.25) is 0 Å². The lowest BCUT2D eigenvalue weighted by Gasteiger charge is -2.28. The van der Waals surface area contributed by atoms with Crippen LogP contribution < -0.4 is 29.1 Å². The SMILES string of the molecule is CCOc1ccc(/C=C/c2ccc(N(c3ccc(-c4ccc(N(c5ccc(/C=C/c6ccc(C)cc6)cc5)c5ccc(C)cc5C)cc4)cc3)c3ccc(C)cc3C)cc2)cc1.CCOc1ccc(/C=C/c2ccc(N(c3ccc(-c4ccc(N(c5ccc(/C=C/c6ccccc6C)cc5)c5ccc(C)cc5C)cc4)cc3)c3ccc(C)cc3C)cc2)cc1. The number of hydrogen-bond donors (Lipinski definition) is 0. The number of anilines is 12. The van der Waals surface area contributed by atoms with Crippen molar-refractivity contribution in [2.75, 3.05) is 32.8 Å². The van der Waals surface area contributed by atoms with Gasteiger partial charge in [-0.15, -0.1) is 0 Å². The molecule has 0 heterocycles. The van der Waals surface area contributed by atoms with Gasteiger partial charge < -0.3 is 29.1 Å². The Morgan fingerprint density at radius 3 is 0.621 bits per heavy atom. The molecule has 612 valence electrons. The third kappa shape index (κ3) is 21.0. The van der Waals surface area contributed by atoms with Crippen LogP contribution in [-0.2, 0) is 0 Å². The van der Waals surface area contributed by atoms with Gasteiger partial charge in [0.2, 0.25) is 0 Å². The van der Waals surface area contributed by atoms with E-state index in [-0.39, 0.29) is 0 Å². The van der Waals surface area contributed by atoms with Gasteiger partial charge in [-0.2, -0.15) is 0 Å². The number of ether oxygens (including phenoxy) is 2. The average molecular weight is 1610 g/mol. The molecule has 0 saturated heterocycles. The van der Waals surface area contributed by atoms with Crippen LogP contribution in [0.15, 0.2) is 364 Å². The summed E-state index contributed by atoms with van der Waals surface area (Å²) in [7, 11) is 0. The molecular formula is C118H108N4O2. The molecule has 0 aliphatic rings. The van der Waals surface area contributed by atoms with Crippen LogP contribution in [0.25, 0.3) is 70.9 Å². The van der Waals surface area contributed by atoms with Gasteiger partial charge in [0.25, 0.3) is 0 Å². The Bertz CT molecular complexity index is 6400. The summed E-state index contributed by atoms with van der Waals surface area (Å²) in [5.41, 5.74) is 40.0. The molecule has 124 heavy (non-hydrogen) atoms. The van der Waals surface area contributed by atoms with Gasteiger partial charge in [-0.3, -0.25) is 0 Å². The van der Waals surface area contributed by atoms with Crippen molar-refractivity contribution in [2.24, 2.45) is 0 Å². The monoisotopic (exact) mass is 1610 g/mol. The Balaban J connectivity index is 0.000000192. The van der Waals surface area contributed by atoms with Crippen LogP contribution >= 0.6 is 0 Å². The van der Waals surface area contributed by atoms with E-state index in [1.807, 2.05) is 38.1 Å². The van der Waals surface area contributed by atoms with Gasteiger partial charge in [0.1, 0.15) is 11.5 Å². The summed E-state index contributed by atoms with van der Waals surface area (Å²) in [6.07, 6.45) is 17.3. The molecule has 0 spiro atoms. The normalized spacial score (nSPS) is 11.3. The fraction of sp³-hybridized carbons (Fsp3) is 0.119. The molecule has 0 radical (unpaired) electrons. The van der Waals surface area contributed by atoms with Crippen molar-refractivity contribution >= 4 is 117 Å². The van der Waals surface area contributed by atoms with Crippen LogP contribution in [0.1, 0.15) is 114 Å². The lowest BCUT2D eigenvalue weighted by Crippen LogP contribution is -2.11. The van der Waals surface area contributed by atoms with E-state index in [1.54, 1.807) is 0 Å². The predicted molar refractivity (Wildman–Crippen MR) is 534 cm³/mol. The Morgan fingerprint density at radius 1 is 0.194 bits per heavy atom. The topological polar surface area (TPSA) is 31.4 Å². The first-order valence-electron chi connectivity index (χ1n) is 43.0. The van der Waals surface area contributed by atoms with Crippen molar-refractivity contribution in [3.05, 3.63) is 464 Å². The van der Waals surface area contributed by atoms with Crippen molar-refractivity contribution in [2.45, 2.75) is 83.1 Å². The fourth-order valence-corrected chi connectivity index (χ4v) is 16.0. The van der Waals surface area contributed by atoms with Crippen LogP contribution in [-0.4, -0.2) is 13.2 Å². The maximum absolute atomic E-state index is 5.61. The standard InChI is InChI=1S/2C59H54N2O/c1-7-62-57-36-22-50(23-37-57)17-16-49-20-30-54(31-21-49)61(59-39-11-44(4)41-46(59)6)56-34-26-52(27-35-56)51-24-32-55(33-25-51)60(58-38-10-43(3)40-45(58)5)53-28-18-48(19-29-53)15-14-47-12-8-42(2)9-13-47;1-7-62-57-36-21-48(22-37-57)15-14-47-17-28-53(29-18-47)60(58-38-12-42(2)40-45(58)5)55-32-24-51(25-33-55)52-26-34-56(35-27-52)61(59-39-13-43(3)41-46(59)6)54-30-19-49(20-31-54)16-23-50-11-9-8-10-44(50)4/h2*8-41H,7H2,1-6H3/b15-14+,17-16+;15-14+,23-16+. The molecule has 0 amide bonds. The van der Waals surface area contributed by atoms with Crippen molar-refractivity contribution in [3.8, 4) is 33.8 Å². The molecule has 6 nitrogen and oxygen atoms in total. The summed E-state index contributed by atoms with van der Waals surface area (Å²) in [6.45, 7) is 27.0. The maximum Gasteiger partial charge on any atom is 0.119 e. The zero-order chi connectivity index (χ0) is 86.0. The minimum atomic E-state index is 0.665. The Kier molecular flexibility index (Phi) is 27.0. The first-order chi connectivity index (χ1) is 60.4. The molecular weight excluding hydrogens is 1510 g/mol. The van der Waals surface area contributed by atoms with Crippen molar-refractivity contribution in [1.82, 2.24) is 0 Å². The van der Waals surface area contributed by atoms with Crippen molar-refractivity contribution in [3.63, 3.8) is 0 Å². The van der Waals surface area contributed by atoms with Crippen molar-refractivity contribution in [1.29, 1.82) is 0 Å². The minimum absolute atomic E-state index is 0.665. The highest BCUT2D eigenvalue weighted by atomic mass is 16.5. The molecule has 0 fully saturated rings. The first kappa shape index (κ1) is 84.3. The summed E-state index contributed by atoms with van der Waals surface area (Å²) in [6, 6.07) is 131. The summed E-state index contributed by atoms with van der Waals surface area (Å²) in [5.74, 6) is 1.78. The molecule has 16 rings (SSSR count). The second kappa shape index (κ2) is 39.7. The van der Waals surface area contributed by atoms with Gasteiger partial charge >= 0.3 is 0 Å². The molecule has 0 saturated carbocycles. The smallest absolute Gasteiger partial charge is 0.119 e. The van der Waals surface area contributed by atoms with E-state index in [0.29, 0.717) is 13.2 Å². The highest BCUT2D eigenvalue weighted by molar-refractivity contribution is 5.87. The molecule has 0 aliphatic heterocycles. The molecule has 0 aliphatic carbocycles. The van der Waals surface area contributed by atoms with Crippen LogP contribution in [0, 0.1) is 69.2 Å². The van der Waals surface area contributed by atoms with Gasteiger partial charge in [-0.1, -0.05) is 295 Å². The maximum atomic E-state index is 5.61. The van der Waals surface area contributed by atoms with E-state index in [1.165, 1.54) is 100 Å². The van der Waals surface area contributed by atoms with Gasteiger partial charge in [-0.05, 0) is 323 Å². The summed E-state index contributed by atoms with van der Waals surface area (Å²) in [5, 5.41) is 0. The highest BCUT2D eigenvalue weighted by Gasteiger charge is 2.21. The predicted octanol–water partition coefficient (Wildman–Crippen LogP) is 33.1. The van der Waals surface area contributed by atoms with E-state index in [9.17, 15) is 0 Å².